The molecule has 206 valence electrons. The Morgan fingerprint density at radius 3 is 2.43 bits per heavy atom. The third kappa shape index (κ3) is 4.87. The number of fused-ring (bicyclic) bond motifs is 2. The second-order valence-electron chi connectivity index (χ2n) is 13.1. The highest BCUT2D eigenvalue weighted by Crippen LogP contribution is 2.61. The molecule has 0 radical (unpaired) electrons. The van der Waals surface area contributed by atoms with Gasteiger partial charge in [0.25, 0.3) is 0 Å². The van der Waals surface area contributed by atoms with Crippen LogP contribution in [0.4, 0.5) is 0 Å². The molecule has 5 fully saturated rings. The lowest BCUT2D eigenvalue weighted by Gasteiger charge is -2.62. The maximum Gasteiger partial charge on any atom is 0.240 e. The highest BCUT2D eigenvalue weighted by atomic mass is 16.7. The monoisotopic (exact) mass is 513 g/mol. The summed E-state index contributed by atoms with van der Waals surface area (Å²) in [5.41, 5.74) is 9.00. The maximum atomic E-state index is 13.8. The number of hydrogen-bond donors (Lipinski definition) is 4. The summed E-state index contributed by atoms with van der Waals surface area (Å²) < 4.78 is 0. The predicted octanol–water partition coefficient (Wildman–Crippen LogP) is 3.47. The van der Waals surface area contributed by atoms with Gasteiger partial charge in [-0.25, -0.2) is 0 Å². The van der Waals surface area contributed by atoms with Crippen molar-refractivity contribution in [3.8, 4) is 0 Å². The van der Waals surface area contributed by atoms with Crippen LogP contribution < -0.4 is 11.1 Å². The number of hydrogen-bond acceptors (Lipinski definition) is 6. The van der Waals surface area contributed by atoms with Crippen molar-refractivity contribution in [1.82, 2.24) is 10.4 Å². The topological polar surface area (TPSA) is 108 Å². The van der Waals surface area contributed by atoms with E-state index in [1.54, 1.807) is 12.0 Å². The third-order valence-corrected chi connectivity index (χ3v) is 10.7. The van der Waals surface area contributed by atoms with Gasteiger partial charge in [-0.3, -0.25) is 9.63 Å². The van der Waals surface area contributed by atoms with Crippen LogP contribution in [0.3, 0.4) is 0 Å². The lowest BCUT2D eigenvalue weighted by atomic mass is 9.45. The molecule has 1 amide bonds. The Bertz CT molecular complexity index is 958. The summed E-state index contributed by atoms with van der Waals surface area (Å²) >= 11 is 0. The molecule has 0 unspecified atom stereocenters. The third-order valence-electron chi connectivity index (χ3n) is 10.7. The van der Waals surface area contributed by atoms with E-state index in [1.807, 2.05) is 0 Å². The van der Waals surface area contributed by atoms with Crippen molar-refractivity contribution in [2.24, 2.45) is 34.8 Å². The summed E-state index contributed by atoms with van der Waals surface area (Å²) in [5, 5.41) is 25.7. The van der Waals surface area contributed by atoms with Gasteiger partial charge in [-0.05, 0) is 66.9 Å². The highest BCUT2D eigenvalue weighted by molar-refractivity contribution is 5.82. The summed E-state index contributed by atoms with van der Waals surface area (Å²) in [7, 11) is 0. The molecule has 0 spiro atoms. The first-order valence-corrected chi connectivity index (χ1v) is 14.5. The maximum absolute atomic E-state index is 13.8. The van der Waals surface area contributed by atoms with Gasteiger partial charge in [0.15, 0.2) is 0 Å². The predicted molar refractivity (Wildman–Crippen MR) is 143 cm³/mol. The van der Waals surface area contributed by atoms with E-state index in [-0.39, 0.29) is 24.1 Å². The number of nitrogens with two attached hydrogens (primary N) is 1. The van der Waals surface area contributed by atoms with Crippen LogP contribution in [0.2, 0.25) is 0 Å². The summed E-state index contributed by atoms with van der Waals surface area (Å²) in [4.78, 5) is 19.9. The van der Waals surface area contributed by atoms with E-state index in [0.717, 1.165) is 30.4 Å². The number of benzene rings is 1. The van der Waals surface area contributed by atoms with Crippen molar-refractivity contribution in [1.29, 1.82) is 0 Å². The van der Waals surface area contributed by atoms with Gasteiger partial charge in [0, 0.05) is 17.5 Å². The zero-order chi connectivity index (χ0) is 26.5. The summed E-state index contributed by atoms with van der Waals surface area (Å²) in [6.45, 7) is 8.80. The zero-order valence-corrected chi connectivity index (χ0v) is 23.0. The molecule has 0 aromatic heterocycles. The minimum absolute atomic E-state index is 0.113. The van der Waals surface area contributed by atoms with Gasteiger partial charge in [0.05, 0.1) is 19.3 Å². The number of carbonyl (C=O) groups is 1. The average molecular weight is 514 g/mol. The SMILES string of the molecule is C[C@@H]1[C@@H](NC(=O)[C@@H]2[C@H]([C@H](C)O)[C@H](CO)ON2Cc2ccc(C3(N)CCCCC3)cc2)C[C@H]2C[C@@H]1C2(C)C. The van der Waals surface area contributed by atoms with Gasteiger partial charge in [-0.15, -0.1) is 0 Å². The smallest absolute Gasteiger partial charge is 0.240 e. The fourth-order valence-corrected chi connectivity index (χ4v) is 8.08. The number of rotatable bonds is 7. The fraction of sp³-hybridized carbons (Fsp3) is 0.767. The molecular weight excluding hydrogens is 466 g/mol. The largest absolute Gasteiger partial charge is 0.394 e. The van der Waals surface area contributed by atoms with Crippen molar-refractivity contribution in [3.05, 3.63) is 35.4 Å². The fourth-order valence-electron chi connectivity index (χ4n) is 8.08. The van der Waals surface area contributed by atoms with Crippen molar-refractivity contribution in [2.45, 2.75) is 109 Å². The average Bonchev–Trinajstić information content (AvgIpc) is 3.24. The number of amides is 1. The highest BCUT2D eigenvalue weighted by Gasteiger charge is 2.57. The molecule has 1 aliphatic heterocycles. The molecule has 1 heterocycles. The lowest BCUT2D eigenvalue weighted by molar-refractivity contribution is -0.183. The Kier molecular flexibility index (Phi) is 7.49. The number of aliphatic hydroxyl groups is 2. The summed E-state index contributed by atoms with van der Waals surface area (Å²) in [6.07, 6.45) is 6.43. The van der Waals surface area contributed by atoms with E-state index in [4.69, 9.17) is 10.6 Å². The number of carbonyl (C=O) groups excluding carboxylic acids is 1. The van der Waals surface area contributed by atoms with E-state index >= 15 is 0 Å². The van der Waals surface area contributed by atoms with Crippen molar-refractivity contribution in [2.75, 3.05) is 6.61 Å². The molecule has 7 heteroatoms. The van der Waals surface area contributed by atoms with Crippen molar-refractivity contribution in [3.63, 3.8) is 0 Å². The first-order chi connectivity index (χ1) is 17.5. The van der Waals surface area contributed by atoms with Gasteiger partial charge >= 0.3 is 0 Å². The standard InChI is InChI=1S/C30H47N3O4/c1-18-23-14-22(29(23,3)4)15-24(18)32-28(36)27-26(19(2)35)25(17-34)37-33(27)16-20-8-10-21(11-9-20)30(31)12-6-5-7-13-30/h8-11,18-19,22-27,34-35H,5-7,12-17,31H2,1-4H3,(H,32,36)/t18-,19-,22+,23-,24-,25-,26+,27-/m0/s1. The lowest BCUT2D eigenvalue weighted by Crippen LogP contribution is -2.62. The number of hydroxylamine groups is 2. The van der Waals surface area contributed by atoms with Gasteiger partial charge in [-0.1, -0.05) is 64.3 Å². The normalized spacial score (nSPS) is 37.5. The molecule has 8 atom stereocenters. The number of aliphatic hydroxyl groups excluding tert-OH is 2. The van der Waals surface area contributed by atoms with Crippen LogP contribution in [0, 0.1) is 29.1 Å². The molecule has 7 nitrogen and oxygen atoms in total. The molecule has 1 saturated heterocycles. The second-order valence-corrected chi connectivity index (χ2v) is 13.1. The number of nitrogens with zero attached hydrogens (tertiary/aromatic N) is 1. The minimum atomic E-state index is -0.792. The second kappa shape index (κ2) is 10.2. The van der Waals surface area contributed by atoms with Gasteiger partial charge < -0.3 is 21.3 Å². The molecule has 2 bridgehead atoms. The van der Waals surface area contributed by atoms with E-state index in [9.17, 15) is 15.0 Å². The molecule has 37 heavy (non-hydrogen) atoms. The van der Waals surface area contributed by atoms with E-state index in [0.29, 0.717) is 29.7 Å². The van der Waals surface area contributed by atoms with Gasteiger partial charge in [0.1, 0.15) is 12.1 Å². The Balaban J connectivity index is 1.32. The van der Waals surface area contributed by atoms with Crippen molar-refractivity contribution < 1.29 is 19.8 Å². The quantitative estimate of drug-likeness (QED) is 0.445. The molecule has 4 saturated carbocycles. The Morgan fingerprint density at radius 1 is 1.19 bits per heavy atom. The van der Waals surface area contributed by atoms with Crippen LogP contribution in [-0.2, 0) is 21.7 Å². The van der Waals surface area contributed by atoms with Crippen LogP contribution in [-0.4, -0.2) is 52.1 Å². The zero-order valence-electron chi connectivity index (χ0n) is 23.0. The Hall–Kier alpha value is -1.51. The molecule has 1 aromatic carbocycles. The first-order valence-electron chi connectivity index (χ1n) is 14.5. The Labute approximate surface area is 222 Å². The van der Waals surface area contributed by atoms with Crippen LogP contribution >= 0.6 is 0 Å². The summed E-state index contributed by atoms with van der Waals surface area (Å²) in [5.74, 6) is 1.05. The molecular formula is C30H47N3O4. The molecule has 1 aromatic rings. The molecule has 6 rings (SSSR count). The van der Waals surface area contributed by atoms with E-state index in [1.165, 1.54) is 25.7 Å². The minimum Gasteiger partial charge on any atom is -0.394 e. The summed E-state index contributed by atoms with van der Waals surface area (Å²) in [6, 6.07) is 7.82. The van der Waals surface area contributed by atoms with Gasteiger partial charge in [0.2, 0.25) is 5.91 Å². The van der Waals surface area contributed by atoms with E-state index < -0.39 is 24.2 Å². The molecule has 5 N–H and O–H groups in total. The van der Waals surface area contributed by atoms with Crippen LogP contribution in [0.1, 0.15) is 83.8 Å². The molecule has 4 aliphatic carbocycles. The first kappa shape index (κ1) is 27.1. The van der Waals surface area contributed by atoms with Gasteiger partial charge in [-0.2, -0.15) is 5.06 Å². The molecule has 5 aliphatic rings. The van der Waals surface area contributed by atoms with Crippen LogP contribution in [0.25, 0.3) is 0 Å². The number of nitrogens with one attached hydrogen (secondary N) is 1. The van der Waals surface area contributed by atoms with Crippen LogP contribution in [0.15, 0.2) is 24.3 Å². The van der Waals surface area contributed by atoms with E-state index in [2.05, 4.69) is 50.4 Å². The van der Waals surface area contributed by atoms with Crippen molar-refractivity contribution >= 4 is 5.91 Å². The Morgan fingerprint density at radius 2 is 1.86 bits per heavy atom. The van der Waals surface area contributed by atoms with Crippen LogP contribution in [0.5, 0.6) is 0 Å².